The number of anilines is 1. The van der Waals surface area contributed by atoms with Crippen LogP contribution in [0.3, 0.4) is 0 Å². The van der Waals surface area contributed by atoms with Crippen LogP contribution in [0.25, 0.3) is 0 Å². The largest absolute Gasteiger partial charge is 0.352 e. The number of hydrogen-bond acceptors (Lipinski definition) is 4. The van der Waals surface area contributed by atoms with Crippen molar-refractivity contribution in [3.8, 4) is 0 Å². The number of amides is 1. The molecule has 1 aromatic rings. The van der Waals surface area contributed by atoms with Crippen molar-refractivity contribution in [3.63, 3.8) is 0 Å². The minimum atomic E-state index is -3.30. The van der Waals surface area contributed by atoms with Crippen molar-refractivity contribution in [1.82, 2.24) is 10.2 Å². The van der Waals surface area contributed by atoms with Gasteiger partial charge in [0.1, 0.15) is 0 Å². The van der Waals surface area contributed by atoms with Gasteiger partial charge in [-0.05, 0) is 56.5 Å². The third kappa shape index (κ3) is 6.66. The number of piperidine rings is 1. The first kappa shape index (κ1) is 19.7. The Morgan fingerprint density at radius 2 is 1.96 bits per heavy atom. The summed E-state index contributed by atoms with van der Waals surface area (Å²) in [4.78, 5) is 14.7. The van der Waals surface area contributed by atoms with Crippen LogP contribution in [0, 0.1) is 0 Å². The minimum absolute atomic E-state index is 0.128. The lowest BCUT2D eigenvalue weighted by atomic mass is 10.00. The first-order valence-electron chi connectivity index (χ1n) is 8.99. The van der Waals surface area contributed by atoms with Gasteiger partial charge in [-0.1, -0.05) is 13.3 Å². The van der Waals surface area contributed by atoms with Gasteiger partial charge in [0.25, 0.3) is 5.91 Å². The summed E-state index contributed by atoms with van der Waals surface area (Å²) in [5, 5.41) is 2.93. The monoisotopic (exact) mass is 367 g/mol. The minimum Gasteiger partial charge on any atom is -0.352 e. The maximum Gasteiger partial charge on any atom is 0.251 e. The average molecular weight is 368 g/mol. The lowest BCUT2D eigenvalue weighted by Crippen LogP contribution is -2.40. The van der Waals surface area contributed by atoms with E-state index in [1.807, 2.05) is 0 Å². The second-order valence-corrected chi connectivity index (χ2v) is 8.40. The maximum absolute atomic E-state index is 12.1. The molecule has 7 heteroatoms. The number of hydrogen-bond donors (Lipinski definition) is 2. The first-order valence-corrected chi connectivity index (χ1v) is 10.9. The summed E-state index contributed by atoms with van der Waals surface area (Å²) in [5.41, 5.74) is 0.984. The molecule has 1 fully saturated rings. The van der Waals surface area contributed by atoms with Gasteiger partial charge in [0, 0.05) is 30.4 Å². The molecule has 0 aromatic heterocycles. The molecule has 6 nitrogen and oxygen atoms in total. The van der Waals surface area contributed by atoms with E-state index in [9.17, 15) is 13.2 Å². The highest BCUT2D eigenvalue weighted by atomic mass is 32.2. The second-order valence-electron chi connectivity index (χ2n) is 6.65. The van der Waals surface area contributed by atoms with Crippen LogP contribution >= 0.6 is 0 Å². The van der Waals surface area contributed by atoms with E-state index in [1.54, 1.807) is 24.3 Å². The molecule has 1 saturated heterocycles. The molecular formula is C18H29N3O3S. The number of carbonyl (C=O) groups is 1. The molecule has 1 heterocycles. The summed E-state index contributed by atoms with van der Waals surface area (Å²) < 4.78 is 24.7. The van der Waals surface area contributed by atoms with Crippen LogP contribution in [0.4, 0.5) is 5.69 Å². The summed E-state index contributed by atoms with van der Waals surface area (Å²) in [6.07, 6.45) is 7.12. The van der Waals surface area contributed by atoms with Crippen molar-refractivity contribution in [2.75, 3.05) is 30.6 Å². The second kappa shape index (κ2) is 9.20. The molecule has 1 aromatic carbocycles. The quantitative estimate of drug-likeness (QED) is 0.692. The Balaban J connectivity index is 1.74. The Morgan fingerprint density at radius 1 is 1.24 bits per heavy atom. The number of rotatable bonds is 8. The summed E-state index contributed by atoms with van der Waals surface area (Å²) in [7, 11) is -3.30. The highest BCUT2D eigenvalue weighted by molar-refractivity contribution is 7.92. The normalized spacial score (nSPS) is 18.7. The van der Waals surface area contributed by atoms with E-state index < -0.39 is 10.0 Å². The van der Waals surface area contributed by atoms with Crippen molar-refractivity contribution < 1.29 is 13.2 Å². The van der Waals surface area contributed by atoms with E-state index in [1.165, 1.54) is 32.2 Å². The molecule has 25 heavy (non-hydrogen) atoms. The number of sulfonamides is 1. The van der Waals surface area contributed by atoms with Gasteiger partial charge in [-0.25, -0.2) is 8.42 Å². The molecule has 0 bridgehead atoms. The molecule has 1 unspecified atom stereocenters. The summed E-state index contributed by atoms with van der Waals surface area (Å²) in [5.74, 6) is -0.128. The van der Waals surface area contributed by atoms with Crippen molar-refractivity contribution in [2.45, 2.75) is 45.1 Å². The fourth-order valence-electron chi connectivity index (χ4n) is 3.31. The van der Waals surface area contributed by atoms with Gasteiger partial charge >= 0.3 is 0 Å². The Bertz CT molecular complexity index is 659. The number of nitrogens with zero attached hydrogens (tertiary/aromatic N) is 1. The molecule has 1 aliphatic rings. The molecular weight excluding hydrogens is 338 g/mol. The predicted octanol–water partition coefficient (Wildman–Crippen LogP) is 2.44. The smallest absolute Gasteiger partial charge is 0.251 e. The van der Waals surface area contributed by atoms with Gasteiger partial charge in [-0.15, -0.1) is 0 Å². The molecule has 2 N–H and O–H groups in total. The maximum atomic E-state index is 12.1. The Kier molecular flexibility index (Phi) is 7.25. The summed E-state index contributed by atoms with van der Waals surface area (Å²) in [6.45, 7) is 5.08. The van der Waals surface area contributed by atoms with Crippen molar-refractivity contribution in [2.24, 2.45) is 0 Å². The molecule has 2 rings (SSSR count). The molecule has 1 amide bonds. The van der Waals surface area contributed by atoms with Crippen LogP contribution in [0.1, 0.15) is 49.4 Å². The Labute approximate surface area is 151 Å². The van der Waals surface area contributed by atoms with Gasteiger partial charge < -0.3 is 10.2 Å². The van der Waals surface area contributed by atoms with Crippen molar-refractivity contribution in [1.29, 1.82) is 0 Å². The van der Waals surface area contributed by atoms with Crippen molar-refractivity contribution >= 4 is 21.6 Å². The van der Waals surface area contributed by atoms with Gasteiger partial charge in [-0.3, -0.25) is 9.52 Å². The SMILES string of the molecule is CCC1CCCCN1CCCNC(=O)c1ccc(NS(C)(=O)=O)cc1. The van der Waals surface area contributed by atoms with Crippen LogP contribution in [0.2, 0.25) is 0 Å². The lowest BCUT2D eigenvalue weighted by molar-refractivity contribution is 0.0947. The predicted molar refractivity (Wildman–Crippen MR) is 101 cm³/mol. The molecule has 0 spiro atoms. The summed E-state index contributed by atoms with van der Waals surface area (Å²) >= 11 is 0. The molecule has 1 atom stereocenters. The van der Waals surface area contributed by atoms with E-state index in [0.717, 1.165) is 19.2 Å². The zero-order valence-corrected chi connectivity index (χ0v) is 15.9. The molecule has 1 aliphatic heterocycles. The van der Waals surface area contributed by atoms with Gasteiger partial charge in [0.2, 0.25) is 10.0 Å². The van der Waals surface area contributed by atoms with Crippen LogP contribution in [0.15, 0.2) is 24.3 Å². The number of likely N-dealkylation sites (tertiary alicyclic amines) is 1. The molecule has 0 radical (unpaired) electrons. The van der Waals surface area contributed by atoms with Gasteiger partial charge in [0.15, 0.2) is 0 Å². The van der Waals surface area contributed by atoms with Gasteiger partial charge in [-0.2, -0.15) is 0 Å². The van der Waals surface area contributed by atoms with Crippen LogP contribution in [0.5, 0.6) is 0 Å². The van der Waals surface area contributed by atoms with Crippen molar-refractivity contribution in [3.05, 3.63) is 29.8 Å². The van der Waals surface area contributed by atoms with Crippen LogP contribution < -0.4 is 10.0 Å². The molecule has 0 aliphatic carbocycles. The highest BCUT2D eigenvalue weighted by Crippen LogP contribution is 2.19. The summed E-state index contributed by atoms with van der Waals surface area (Å²) in [6, 6.07) is 7.13. The first-order chi connectivity index (χ1) is 11.9. The highest BCUT2D eigenvalue weighted by Gasteiger charge is 2.19. The number of benzene rings is 1. The van der Waals surface area contributed by atoms with E-state index in [0.29, 0.717) is 23.8 Å². The Hall–Kier alpha value is -1.60. The van der Waals surface area contributed by atoms with E-state index >= 15 is 0 Å². The van der Waals surface area contributed by atoms with E-state index in [2.05, 4.69) is 21.9 Å². The fraction of sp³-hybridized carbons (Fsp3) is 0.611. The zero-order valence-electron chi connectivity index (χ0n) is 15.1. The third-order valence-corrected chi connectivity index (χ3v) is 5.18. The van der Waals surface area contributed by atoms with Crippen LogP contribution in [-0.2, 0) is 10.0 Å². The average Bonchev–Trinajstić information content (AvgIpc) is 2.58. The lowest BCUT2D eigenvalue weighted by Gasteiger charge is -2.35. The zero-order chi connectivity index (χ0) is 18.3. The third-order valence-electron chi connectivity index (χ3n) is 4.58. The molecule has 140 valence electrons. The fourth-order valence-corrected chi connectivity index (χ4v) is 3.87. The molecule has 0 saturated carbocycles. The van der Waals surface area contributed by atoms with E-state index in [4.69, 9.17) is 0 Å². The standard InChI is InChI=1S/C18H29N3O3S/c1-3-17-7-4-5-13-21(17)14-6-12-19-18(22)15-8-10-16(11-9-15)20-25(2,23)24/h8-11,17,20H,3-7,12-14H2,1-2H3,(H,19,22). The number of nitrogens with one attached hydrogen (secondary N) is 2. The van der Waals surface area contributed by atoms with Gasteiger partial charge in [0.05, 0.1) is 6.26 Å². The topological polar surface area (TPSA) is 78.5 Å². The van der Waals surface area contributed by atoms with Crippen LogP contribution in [-0.4, -0.2) is 51.2 Å². The van der Waals surface area contributed by atoms with E-state index in [-0.39, 0.29) is 5.91 Å². The number of carbonyl (C=O) groups excluding carboxylic acids is 1. The Morgan fingerprint density at radius 3 is 2.60 bits per heavy atom.